The van der Waals surface area contributed by atoms with E-state index in [1.54, 1.807) is 0 Å². The Labute approximate surface area is 110 Å². The predicted octanol–water partition coefficient (Wildman–Crippen LogP) is -0.327. The summed E-state index contributed by atoms with van der Waals surface area (Å²) in [6.07, 6.45) is 0. The van der Waals surface area contributed by atoms with Crippen LogP contribution in [0.25, 0.3) is 0 Å². The molecule has 0 aromatic heterocycles. The maximum Gasteiger partial charge on any atom is 0.244 e. The number of nitrogens with zero attached hydrogens (tertiary/aromatic N) is 2. The molecule has 19 heavy (non-hydrogen) atoms. The summed E-state index contributed by atoms with van der Waals surface area (Å²) >= 11 is 0. The van der Waals surface area contributed by atoms with Crippen LogP contribution in [-0.4, -0.2) is 49.2 Å². The van der Waals surface area contributed by atoms with Crippen LogP contribution in [0.4, 0.5) is 4.39 Å². The van der Waals surface area contributed by atoms with Crippen LogP contribution < -0.4 is 0 Å². The summed E-state index contributed by atoms with van der Waals surface area (Å²) in [5.41, 5.74) is -0.580. The van der Waals surface area contributed by atoms with Crippen LogP contribution in [0.3, 0.4) is 0 Å². The number of hydrogen-bond donors (Lipinski definition) is 2. The molecule has 1 rings (SSSR count). The Kier molecular flexibility index (Phi) is 5.38. The highest BCUT2D eigenvalue weighted by molar-refractivity contribution is 7.89. The van der Waals surface area contributed by atoms with Gasteiger partial charge in [-0.3, -0.25) is 0 Å². The van der Waals surface area contributed by atoms with E-state index in [1.807, 2.05) is 0 Å². The number of rotatable bonds is 6. The van der Waals surface area contributed by atoms with Crippen molar-refractivity contribution in [1.29, 1.82) is 5.26 Å². The van der Waals surface area contributed by atoms with Crippen LogP contribution in [0.5, 0.6) is 0 Å². The molecular formula is C11H13FN2O4S. The average molecular weight is 288 g/mol. The topological polar surface area (TPSA) is 102 Å². The molecule has 0 bridgehead atoms. The third-order valence-corrected chi connectivity index (χ3v) is 4.34. The summed E-state index contributed by atoms with van der Waals surface area (Å²) in [7, 11) is -4.14. The molecular weight excluding hydrogens is 275 g/mol. The summed E-state index contributed by atoms with van der Waals surface area (Å²) in [5.74, 6) is -0.934. The zero-order valence-electron chi connectivity index (χ0n) is 9.95. The van der Waals surface area contributed by atoms with Gasteiger partial charge >= 0.3 is 0 Å². The van der Waals surface area contributed by atoms with Crippen molar-refractivity contribution in [2.75, 3.05) is 26.3 Å². The van der Waals surface area contributed by atoms with Crippen molar-refractivity contribution in [3.63, 3.8) is 0 Å². The van der Waals surface area contributed by atoms with Gasteiger partial charge in [0.2, 0.25) is 10.0 Å². The van der Waals surface area contributed by atoms with Gasteiger partial charge in [-0.25, -0.2) is 12.8 Å². The molecule has 0 unspecified atom stereocenters. The highest BCUT2D eigenvalue weighted by Gasteiger charge is 2.27. The van der Waals surface area contributed by atoms with Gasteiger partial charge in [-0.2, -0.15) is 9.57 Å². The highest BCUT2D eigenvalue weighted by Crippen LogP contribution is 2.21. The van der Waals surface area contributed by atoms with E-state index in [0.29, 0.717) is 0 Å². The number of nitriles is 1. The lowest BCUT2D eigenvalue weighted by molar-refractivity contribution is 0.217. The first-order valence-corrected chi connectivity index (χ1v) is 6.83. The van der Waals surface area contributed by atoms with Gasteiger partial charge in [0, 0.05) is 13.1 Å². The molecule has 8 heteroatoms. The maximum absolute atomic E-state index is 13.4. The van der Waals surface area contributed by atoms with Gasteiger partial charge in [-0.15, -0.1) is 0 Å². The van der Waals surface area contributed by atoms with Gasteiger partial charge in [0.15, 0.2) is 0 Å². The van der Waals surface area contributed by atoms with Crippen LogP contribution >= 0.6 is 0 Å². The average Bonchev–Trinajstić information content (AvgIpc) is 2.38. The molecule has 1 aromatic rings. The smallest absolute Gasteiger partial charge is 0.244 e. The predicted molar refractivity (Wildman–Crippen MR) is 64.0 cm³/mol. The van der Waals surface area contributed by atoms with E-state index in [1.165, 1.54) is 12.1 Å². The van der Waals surface area contributed by atoms with Gasteiger partial charge in [0.25, 0.3) is 0 Å². The minimum atomic E-state index is -4.14. The van der Waals surface area contributed by atoms with Crippen molar-refractivity contribution < 1.29 is 23.0 Å². The van der Waals surface area contributed by atoms with E-state index in [0.717, 1.165) is 16.4 Å². The summed E-state index contributed by atoms with van der Waals surface area (Å²) < 4.78 is 38.7. The van der Waals surface area contributed by atoms with E-state index in [4.69, 9.17) is 15.5 Å². The van der Waals surface area contributed by atoms with E-state index in [2.05, 4.69) is 0 Å². The van der Waals surface area contributed by atoms with Crippen LogP contribution in [0.1, 0.15) is 5.56 Å². The summed E-state index contributed by atoms with van der Waals surface area (Å²) in [6.45, 7) is -1.39. The van der Waals surface area contributed by atoms with Crippen molar-refractivity contribution in [2.24, 2.45) is 0 Å². The highest BCUT2D eigenvalue weighted by atomic mass is 32.2. The molecule has 6 nitrogen and oxygen atoms in total. The van der Waals surface area contributed by atoms with Crippen LogP contribution in [0.15, 0.2) is 23.1 Å². The molecule has 0 saturated heterocycles. The SMILES string of the molecule is N#Cc1c(F)cccc1S(=O)(=O)N(CCO)CCO. The molecule has 0 atom stereocenters. The minimum absolute atomic E-state index is 0.246. The molecule has 0 fully saturated rings. The fraction of sp³-hybridized carbons (Fsp3) is 0.364. The van der Waals surface area contributed by atoms with Crippen molar-refractivity contribution in [3.05, 3.63) is 29.6 Å². The van der Waals surface area contributed by atoms with E-state index >= 15 is 0 Å². The molecule has 0 amide bonds. The first kappa shape index (κ1) is 15.5. The number of sulfonamides is 1. The summed E-state index contributed by atoms with van der Waals surface area (Å²) in [6, 6.07) is 4.78. The lowest BCUT2D eigenvalue weighted by Crippen LogP contribution is -2.36. The zero-order chi connectivity index (χ0) is 14.5. The minimum Gasteiger partial charge on any atom is -0.395 e. The number of benzene rings is 1. The first-order valence-electron chi connectivity index (χ1n) is 5.39. The third kappa shape index (κ3) is 3.27. The maximum atomic E-state index is 13.4. The van der Waals surface area contributed by atoms with E-state index < -0.39 is 39.5 Å². The Morgan fingerprint density at radius 2 is 1.84 bits per heavy atom. The second-order valence-electron chi connectivity index (χ2n) is 3.58. The van der Waals surface area contributed by atoms with Gasteiger partial charge in [-0.1, -0.05) is 6.07 Å². The molecule has 1 aromatic carbocycles. The Bertz CT molecular complexity index is 577. The van der Waals surface area contributed by atoms with Gasteiger partial charge in [0.05, 0.1) is 13.2 Å². The molecule has 0 aliphatic rings. The Morgan fingerprint density at radius 1 is 1.26 bits per heavy atom. The lowest BCUT2D eigenvalue weighted by atomic mass is 10.2. The molecule has 0 heterocycles. The normalized spacial score (nSPS) is 11.5. The largest absolute Gasteiger partial charge is 0.395 e. The number of halogens is 1. The monoisotopic (exact) mass is 288 g/mol. The van der Waals surface area contributed by atoms with Gasteiger partial charge < -0.3 is 10.2 Å². The second-order valence-corrected chi connectivity index (χ2v) is 5.48. The van der Waals surface area contributed by atoms with Gasteiger partial charge in [-0.05, 0) is 12.1 Å². The van der Waals surface area contributed by atoms with Crippen LogP contribution in [0, 0.1) is 17.1 Å². The fourth-order valence-electron chi connectivity index (χ4n) is 1.54. The van der Waals surface area contributed by atoms with Crippen LogP contribution in [-0.2, 0) is 10.0 Å². The van der Waals surface area contributed by atoms with Crippen molar-refractivity contribution in [2.45, 2.75) is 4.90 Å². The van der Waals surface area contributed by atoms with Crippen LogP contribution in [0.2, 0.25) is 0 Å². The Balaban J connectivity index is 3.34. The number of aliphatic hydroxyl groups excluding tert-OH is 2. The van der Waals surface area contributed by atoms with Gasteiger partial charge in [0.1, 0.15) is 22.3 Å². The van der Waals surface area contributed by atoms with Crippen molar-refractivity contribution >= 4 is 10.0 Å². The van der Waals surface area contributed by atoms with E-state index in [9.17, 15) is 12.8 Å². The molecule has 104 valence electrons. The quantitative estimate of drug-likeness (QED) is 0.746. The molecule has 0 aliphatic carbocycles. The number of hydrogen-bond acceptors (Lipinski definition) is 5. The standard InChI is InChI=1S/C11H13FN2O4S/c12-10-2-1-3-11(9(10)8-13)19(17,18)14(4-6-15)5-7-16/h1-3,15-16H,4-7H2. The molecule has 0 radical (unpaired) electrons. The third-order valence-electron chi connectivity index (χ3n) is 2.40. The summed E-state index contributed by atoms with van der Waals surface area (Å²) in [4.78, 5) is -0.475. The molecule has 0 saturated carbocycles. The fourth-order valence-corrected chi connectivity index (χ4v) is 3.12. The molecule has 0 aliphatic heterocycles. The zero-order valence-corrected chi connectivity index (χ0v) is 10.8. The Morgan fingerprint density at radius 3 is 2.32 bits per heavy atom. The first-order chi connectivity index (χ1) is 8.98. The lowest BCUT2D eigenvalue weighted by Gasteiger charge is -2.20. The van der Waals surface area contributed by atoms with Crippen molar-refractivity contribution in [3.8, 4) is 6.07 Å². The number of aliphatic hydroxyl groups is 2. The molecule has 0 spiro atoms. The van der Waals surface area contributed by atoms with Crippen molar-refractivity contribution in [1.82, 2.24) is 4.31 Å². The summed E-state index contributed by atoms with van der Waals surface area (Å²) in [5, 5.41) is 26.5. The second kappa shape index (κ2) is 6.58. The Hall–Kier alpha value is -1.53. The molecule has 2 N–H and O–H groups in total. The van der Waals surface area contributed by atoms with E-state index in [-0.39, 0.29) is 13.1 Å².